The summed E-state index contributed by atoms with van der Waals surface area (Å²) in [6.45, 7) is 2.88. The first kappa shape index (κ1) is 34.6. The molecule has 3 saturated heterocycles. The second-order valence-electron chi connectivity index (χ2n) is 14.2. The molecule has 3 aliphatic heterocycles. The number of hydrogen-bond acceptors (Lipinski definition) is 8. The molecule has 3 atom stereocenters. The standard InChI is InChI=1S/C35H47F3N6O4/c1-41(2)33(47)23-10-16-42(17-11-23)27-6-7-30(39-21-27)34(48)14-8-26(9-15-34)43-18-12-29-28(43)13-19-44(29)31(45)22-40-32(46)24-4-3-5-25(20-24)35(36,37)38/h3-7,20-21,23,26,28-29,33,47-48H,8-19,22H2,1-2H3,(H,40,46). The fraction of sp³-hybridized carbons (Fsp3) is 0.629. The van der Waals surface area contributed by atoms with Gasteiger partial charge < -0.3 is 25.3 Å². The average Bonchev–Trinajstić information content (AvgIpc) is 3.70. The van der Waals surface area contributed by atoms with Crippen LogP contribution in [0.5, 0.6) is 0 Å². The number of nitrogens with zero attached hydrogens (tertiary/aromatic N) is 5. The molecule has 4 fully saturated rings. The molecule has 4 heterocycles. The lowest BCUT2D eigenvalue weighted by molar-refractivity contribution is -0.137. The summed E-state index contributed by atoms with van der Waals surface area (Å²) in [5.74, 6) is -0.683. The Balaban J connectivity index is 0.978. The van der Waals surface area contributed by atoms with Crippen LogP contribution in [0.2, 0.25) is 0 Å². The van der Waals surface area contributed by atoms with Crippen LogP contribution in [0, 0.1) is 5.92 Å². The van der Waals surface area contributed by atoms with Crippen molar-refractivity contribution in [2.75, 3.05) is 51.7 Å². The van der Waals surface area contributed by atoms with Gasteiger partial charge in [-0.15, -0.1) is 0 Å². The maximum Gasteiger partial charge on any atom is 0.416 e. The number of piperidine rings is 1. The summed E-state index contributed by atoms with van der Waals surface area (Å²) < 4.78 is 39.2. The number of carbonyl (C=O) groups is 2. The molecule has 0 spiro atoms. The lowest BCUT2D eigenvalue weighted by Crippen LogP contribution is -2.47. The second-order valence-corrected chi connectivity index (χ2v) is 14.2. The summed E-state index contributed by atoms with van der Waals surface area (Å²) in [6, 6.07) is 8.73. The first-order valence-corrected chi connectivity index (χ1v) is 17.1. The molecule has 0 radical (unpaired) electrons. The van der Waals surface area contributed by atoms with Gasteiger partial charge in [-0.1, -0.05) is 6.07 Å². The number of carbonyl (C=O) groups excluding carboxylic acids is 2. The predicted octanol–water partition coefficient (Wildman–Crippen LogP) is 3.43. The largest absolute Gasteiger partial charge is 0.416 e. The zero-order valence-electron chi connectivity index (χ0n) is 27.7. The van der Waals surface area contributed by atoms with E-state index in [2.05, 4.69) is 15.1 Å². The number of aliphatic hydroxyl groups excluding tert-OH is 1. The zero-order chi connectivity index (χ0) is 34.2. The van der Waals surface area contributed by atoms with Crippen LogP contribution < -0.4 is 10.2 Å². The van der Waals surface area contributed by atoms with Gasteiger partial charge in [0.25, 0.3) is 5.91 Å². The number of aliphatic hydroxyl groups is 2. The lowest BCUT2D eigenvalue weighted by Gasteiger charge is -2.41. The van der Waals surface area contributed by atoms with Gasteiger partial charge in [0.15, 0.2) is 0 Å². The van der Waals surface area contributed by atoms with Crippen LogP contribution in [0.15, 0.2) is 42.6 Å². The molecule has 3 unspecified atom stereocenters. The second kappa shape index (κ2) is 13.9. The molecule has 10 nitrogen and oxygen atoms in total. The molecule has 48 heavy (non-hydrogen) atoms. The zero-order valence-corrected chi connectivity index (χ0v) is 27.7. The first-order chi connectivity index (χ1) is 22.8. The third-order valence-corrected chi connectivity index (χ3v) is 11.1. The summed E-state index contributed by atoms with van der Waals surface area (Å²) in [7, 11) is 3.80. The molecule has 13 heteroatoms. The van der Waals surface area contributed by atoms with Crippen molar-refractivity contribution in [3.63, 3.8) is 0 Å². The van der Waals surface area contributed by atoms with Gasteiger partial charge in [0.05, 0.1) is 29.7 Å². The summed E-state index contributed by atoms with van der Waals surface area (Å²) in [5, 5.41) is 24.5. The van der Waals surface area contributed by atoms with Gasteiger partial charge in [-0.3, -0.25) is 24.4 Å². The number of nitrogens with one attached hydrogen (secondary N) is 1. The van der Waals surface area contributed by atoms with Gasteiger partial charge in [-0.25, -0.2) is 0 Å². The number of hydrogen-bond donors (Lipinski definition) is 3. The highest BCUT2D eigenvalue weighted by Gasteiger charge is 2.48. The van der Waals surface area contributed by atoms with Crippen molar-refractivity contribution < 1.29 is 33.0 Å². The number of likely N-dealkylation sites (tertiary alicyclic amines) is 2. The maximum absolute atomic E-state index is 13.1. The van der Waals surface area contributed by atoms with Crippen LogP contribution >= 0.6 is 0 Å². The molecule has 262 valence electrons. The molecule has 1 aliphatic carbocycles. The highest BCUT2D eigenvalue weighted by molar-refractivity contribution is 5.96. The lowest BCUT2D eigenvalue weighted by atomic mass is 9.79. The Hall–Kier alpha value is -3.26. The summed E-state index contributed by atoms with van der Waals surface area (Å²) in [5.41, 5.74) is -0.286. The van der Waals surface area contributed by atoms with Crippen LogP contribution in [-0.2, 0) is 16.6 Å². The minimum atomic E-state index is -4.55. The maximum atomic E-state index is 13.1. The normalized spacial score (nSPS) is 27.7. The Morgan fingerprint density at radius 1 is 1.00 bits per heavy atom. The molecule has 1 saturated carbocycles. The van der Waals surface area contributed by atoms with Crippen molar-refractivity contribution in [1.29, 1.82) is 0 Å². The number of anilines is 1. The SMILES string of the molecule is CN(C)C(O)C1CCN(c2ccc(C3(O)CCC(N4CCC5C4CCN5C(=O)CNC(=O)c4cccc(C(F)(F)F)c4)CC3)nc2)CC1. The van der Waals surface area contributed by atoms with E-state index in [0.29, 0.717) is 31.1 Å². The van der Waals surface area contributed by atoms with Crippen LogP contribution in [0.1, 0.15) is 73.0 Å². The van der Waals surface area contributed by atoms with Crippen molar-refractivity contribution >= 4 is 17.5 Å². The van der Waals surface area contributed by atoms with Gasteiger partial charge in [-0.05, 0) is 95.8 Å². The molecule has 2 amide bonds. The Labute approximate surface area is 279 Å². The number of aromatic nitrogens is 1. The fourth-order valence-electron chi connectivity index (χ4n) is 8.37. The van der Waals surface area contributed by atoms with Gasteiger partial charge >= 0.3 is 6.18 Å². The molecular weight excluding hydrogens is 625 g/mol. The van der Waals surface area contributed by atoms with E-state index in [9.17, 15) is 33.0 Å². The Morgan fingerprint density at radius 2 is 1.71 bits per heavy atom. The minimum absolute atomic E-state index is 0.0363. The number of fused-ring (bicyclic) bond motifs is 1. The monoisotopic (exact) mass is 672 g/mol. The molecular formula is C35H47F3N6O4. The molecule has 6 rings (SSSR count). The van der Waals surface area contributed by atoms with Gasteiger partial charge in [-0.2, -0.15) is 13.2 Å². The van der Waals surface area contributed by atoms with E-state index < -0.39 is 29.5 Å². The van der Waals surface area contributed by atoms with Gasteiger partial charge in [0.1, 0.15) is 11.8 Å². The van der Waals surface area contributed by atoms with Crippen molar-refractivity contribution in [3.8, 4) is 0 Å². The van der Waals surface area contributed by atoms with Crippen LogP contribution in [-0.4, -0.2) is 113 Å². The summed E-state index contributed by atoms with van der Waals surface area (Å²) in [4.78, 5) is 38.8. The van der Waals surface area contributed by atoms with Crippen LogP contribution in [0.3, 0.4) is 0 Å². The van der Waals surface area contributed by atoms with Crippen molar-refractivity contribution in [2.45, 2.75) is 87.5 Å². The molecule has 1 aromatic carbocycles. The topological polar surface area (TPSA) is 112 Å². The minimum Gasteiger partial charge on any atom is -0.384 e. The number of alkyl halides is 3. The van der Waals surface area contributed by atoms with E-state index in [1.807, 2.05) is 42.2 Å². The summed E-state index contributed by atoms with van der Waals surface area (Å²) in [6.07, 6.45) is 3.22. The first-order valence-electron chi connectivity index (χ1n) is 17.1. The van der Waals surface area contributed by atoms with Crippen molar-refractivity contribution in [3.05, 3.63) is 59.4 Å². The molecule has 4 aliphatic rings. The highest BCUT2D eigenvalue weighted by Crippen LogP contribution is 2.42. The molecule has 2 aromatic rings. The van der Waals surface area contributed by atoms with Gasteiger partial charge in [0, 0.05) is 55.8 Å². The number of pyridine rings is 1. The molecule has 1 aromatic heterocycles. The number of halogens is 3. The van der Waals surface area contributed by atoms with E-state index in [0.717, 1.165) is 76.0 Å². The molecule has 0 bridgehead atoms. The smallest absolute Gasteiger partial charge is 0.384 e. The van der Waals surface area contributed by atoms with E-state index in [1.165, 1.54) is 12.1 Å². The van der Waals surface area contributed by atoms with Crippen molar-refractivity contribution in [2.24, 2.45) is 5.92 Å². The predicted molar refractivity (Wildman–Crippen MR) is 174 cm³/mol. The third-order valence-electron chi connectivity index (χ3n) is 11.1. The Bertz CT molecular complexity index is 1440. The van der Waals surface area contributed by atoms with E-state index in [-0.39, 0.29) is 36.0 Å². The average molecular weight is 673 g/mol. The Morgan fingerprint density at radius 3 is 2.35 bits per heavy atom. The molecule has 3 N–H and O–H groups in total. The Kier molecular flexibility index (Phi) is 10.0. The van der Waals surface area contributed by atoms with Crippen LogP contribution in [0.25, 0.3) is 0 Å². The van der Waals surface area contributed by atoms with E-state index in [4.69, 9.17) is 4.98 Å². The highest BCUT2D eigenvalue weighted by atomic mass is 19.4. The van der Waals surface area contributed by atoms with E-state index in [1.54, 1.807) is 0 Å². The number of amides is 2. The van der Waals surface area contributed by atoms with Gasteiger partial charge in [0.2, 0.25) is 5.91 Å². The number of benzene rings is 1. The quantitative estimate of drug-likeness (QED) is 0.366. The third kappa shape index (κ3) is 7.19. The van der Waals surface area contributed by atoms with Crippen LogP contribution in [0.4, 0.5) is 18.9 Å². The van der Waals surface area contributed by atoms with Crippen molar-refractivity contribution in [1.82, 2.24) is 25.0 Å². The summed E-state index contributed by atoms with van der Waals surface area (Å²) >= 11 is 0. The fourth-order valence-corrected chi connectivity index (χ4v) is 8.37. The number of rotatable bonds is 8. The van der Waals surface area contributed by atoms with E-state index >= 15 is 0 Å².